The molecule has 20 heavy (non-hydrogen) atoms. The van der Waals surface area contributed by atoms with Crippen LogP contribution in [0.25, 0.3) is 0 Å². The molecule has 0 unspecified atom stereocenters. The number of quaternary nitrogens is 1. The van der Waals surface area contributed by atoms with E-state index in [1.807, 2.05) is 18.2 Å². The number of hydrogen-bond acceptors (Lipinski definition) is 1. The minimum Gasteiger partial charge on any atom is -0.488 e. The van der Waals surface area contributed by atoms with Gasteiger partial charge in [0.2, 0.25) is 0 Å². The van der Waals surface area contributed by atoms with Crippen LogP contribution >= 0.6 is 0 Å². The molecule has 0 radical (unpaired) electrons. The molecular formula is C17H19FNO+. The number of rotatable bonds is 6. The smallest absolute Gasteiger partial charge is 0.128 e. The molecule has 0 spiro atoms. The minimum atomic E-state index is -0.215. The Bertz CT molecular complexity index is 563. The van der Waals surface area contributed by atoms with Crippen molar-refractivity contribution in [1.82, 2.24) is 0 Å². The van der Waals surface area contributed by atoms with Gasteiger partial charge < -0.3 is 10.1 Å². The monoisotopic (exact) mass is 272 g/mol. The standard InChI is InChI=1S/C17H18FNO/c18-15-7-5-13(6-8-15)12-20-17-4-2-1-3-14(17)11-19-16-9-10-16/h1-8,16,19H,9-12H2/p+1. The fourth-order valence-corrected chi connectivity index (χ4v) is 2.18. The van der Waals surface area contributed by atoms with Crippen LogP contribution < -0.4 is 10.1 Å². The van der Waals surface area contributed by atoms with Gasteiger partial charge in [-0.2, -0.15) is 0 Å². The molecular weight excluding hydrogens is 253 g/mol. The topological polar surface area (TPSA) is 25.8 Å². The zero-order valence-electron chi connectivity index (χ0n) is 11.4. The summed E-state index contributed by atoms with van der Waals surface area (Å²) in [6.07, 6.45) is 2.66. The summed E-state index contributed by atoms with van der Waals surface area (Å²) < 4.78 is 18.7. The van der Waals surface area contributed by atoms with E-state index in [2.05, 4.69) is 11.4 Å². The Morgan fingerprint density at radius 3 is 2.55 bits per heavy atom. The van der Waals surface area contributed by atoms with Crippen LogP contribution in [0.2, 0.25) is 0 Å². The van der Waals surface area contributed by atoms with Gasteiger partial charge in [-0.05, 0) is 29.8 Å². The molecule has 0 aliphatic heterocycles. The first-order chi connectivity index (χ1) is 9.81. The number of hydrogen-bond donors (Lipinski definition) is 1. The Hall–Kier alpha value is -1.87. The first kappa shape index (κ1) is 13.1. The van der Waals surface area contributed by atoms with Gasteiger partial charge in [-0.3, -0.25) is 0 Å². The zero-order chi connectivity index (χ0) is 13.8. The normalized spacial score (nSPS) is 14.2. The highest BCUT2D eigenvalue weighted by Gasteiger charge is 2.25. The predicted octanol–water partition coefficient (Wildman–Crippen LogP) is 2.63. The Labute approximate surface area is 118 Å². The number of halogens is 1. The maximum absolute atomic E-state index is 12.9. The molecule has 1 fully saturated rings. The lowest BCUT2D eigenvalue weighted by Gasteiger charge is -2.10. The van der Waals surface area contributed by atoms with Crippen LogP contribution in [0.1, 0.15) is 24.0 Å². The van der Waals surface area contributed by atoms with Crippen LogP contribution in [-0.4, -0.2) is 6.04 Å². The van der Waals surface area contributed by atoms with Crippen LogP contribution in [0.3, 0.4) is 0 Å². The average Bonchev–Trinajstić information content (AvgIpc) is 3.30. The van der Waals surface area contributed by atoms with Crippen molar-refractivity contribution in [2.45, 2.75) is 32.0 Å². The largest absolute Gasteiger partial charge is 0.488 e. The second-order valence-corrected chi connectivity index (χ2v) is 5.30. The van der Waals surface area contributed by atoms with E-state index in [1.165, 1.54) is 30.5 Å². The maximum atomic E-state index is 12.9. The molecule has 2 aromatic rings. The fourth-order valence-electron chi connectivity index (χ4n) is 2.18. The SMILES string of the molecule is Fc1ccc(COc2ccccc2C[NH2+]C2CC2)cc1. The summed E-state index contributed by atoms with van der Waals surface area (Å²) in [7, 11) is 0. The molecule has 104 valence electrons. The molecule has 0 atom stereocenters. The second kappa shape index (κ2) is 6.06. The predicted molar refractivity (Wildman–Crippen MR) is 75.8 cm³/mol. The molecule has 3 heteroatoms. The highest BCUT2D eigenvalue weighted by molar-refractivity contribution is 5.32. The van der Waals surface area contributed by atoms with Crippen LogP contribution in [0.4, 0.5) is 4.39 Å². The lowest BCUT2D eigenvalue weighted by Crippen LogP contribution is -2.84. The van der Waals surface area contributed by atoms with Crippen LogP contribution in [-0.2, 0) is 13.2 Å². The summed E-state index contributed by atoms with van der Waals surface area (Å²) >= 11 is 0. The first-order valence-corrected chi connectivity index (χ1v) is 7.10. The molecule has 2 N–H and O–H groups in total. The summed E-state index contributed by atoms with van der Waals surface area (Å²) in [5, 5.41) is 2.38. The van der Waals surface area contributed by atoms with Gasteiger partial charge in [0, 0.05) is 18.4 Å². The van der Waals surface area contributed by atoms with Crippen molar-refractivity contribution in [1.29, 1.82) is 0 Å². The van der Waals surface area contributed by atoms with Gasteiger partial charge in [0.1, 0.15) is 24.7 Å². The minimum absolute atomic E-state index is 0.215. The van der Waals surface area contributed by atoms with Gasteiger partial charge in [-0.1, -0.05) is 24.3 Å². The summed E-state index contributed by atoms with van der Waals surface area (Å²) in [4.78, 5) is 0. The van der Waals surface area contributed by atoms with E-state index in [4.69, 9.17) is 4.74 Å². The molecule has 0 saturated heterocycles. The Morgan fingerprint density at radius 1 is 1.05 bits per heavy atom. The quantitative estimate of drug-likeness (QED) is 0.859. The van der Waals surface area contributed by atoms with Gasteiger partial charge in [0.15, 0.2) is 0 Å². The number of ether oxygens (including phenoxy) is 1. The third kappa shape index (κ3) is 3.58. The van der Waals surface area contributed by atoms with E-state index in [0.29, 0.717) is 6.61 Å². The molecule has 2 nitrogen and oxygen atoms in total. The molecule has 0 bridgehead atoms. The second-order valence-electron chi connectivity index (χ2n) is 5.30. The van der Waals surface area contributed by atoms with E-state index in [-0.39, 0.29) is 5.82 Å². The van der Waals surface area contributed by atoms with Gasteiger partial charge in [0.25, 0.3) is 0 Å². The molecule has 1 saturated carbocycles. The molecule has 1 aliphatic rings. The van der Waals surface area contributed by atoms with E-state index >= 15 is 0 Å². The van der Waals surface area contributed by atoms with Crippen molar-refractivity contribution in [3.63, 3.8) is 0 Å². The van der Waals surface area contributed by atoms with E-state index < -0.39 is 0 Å². The Kier molecular flexibility index (Phi) is 3.97. The average molecular weight is 272 g/mol. The number of para-hydroxylation sites is 1. The summed E-state index contributed by atoms with van der Waals surface area (Å²) in [5.41, 5.74) is 2.20. The van der Waals surface area contributed by atoms with Crippen LogP contribution in [0.5, 0.6) is 5.75 Å². The summed E-state index contributed by atoms with van der Waals surface area (Å²) in [5.74, 6) is 0.710. The number of benzene rings is 2. The van der Waals surface area contributed by atoms with Gasteiger partial charge in [0.05, 0.1) is 6.04 Å². The van der Waals surface area contributed by atoms with E-state index in [9.17, 15) is 4.39 Å². The zero-order valence-corrected chi connectivity index (χ0v) is 11.4. The van der Waals surface area contributed by atoms with E-state index in [0.717, 1.165) is 23.9 Å². The van der Waals surface area contributed by atoms with Crippen LogP contribution in [0.15, 0.2) is 48.5 Å². The third-order valence-corrected chi connectivity index (χ3v) is 3.57. The van der Waals surface area contributed by atoms with Crippen molar-refractivity contribution >= 4 is 0 Å². The third-order valence-electron chi connectivity index (χ3n) is 3.57. The highest BCUT2D eigenvalue weighted by Crippen LogP contribution is 2.20. The maximum Gasteiger partial charge on any atom is 0.128 e. The fraction of sp³-hybridized carbons (Fsp3) is 0.294. The van der Waals surface area contributed by atoms with Gasteiger partial charge in [-0.25, -0.2) is 4.39 Å². The van der Waals surface area contributed by atoms with Gasteiger partial charge >= 0.3 is 0 Å². The first-order valence-electron chi connectivity index (χ1n) is 7.10. The Morgan fingerprint density at radius 2 is 1.80 bits per heavy atom. The van der Waals surface area contributed by atoms with Crippen molar-refractivity contribution in [3.05, 3.63) is 65.5 Å². The molecule has 1 aliphatic carbocycles. The lowest BCUT2D eigenvalue weighted by molar-refractivity contribution is -0.683. The molecule has 2 aromatic carbocycles. The lowest BCUT2D eigenvalue weighted by atomic mass is 10.2. The Balaban J connectivity index is 1.62. The summed E-state index contributed by atoms with van der Waals surface area (Å²) in [6.45, 7) is 1.44. The van der Waals surface area contributed by atoms with E-state index in [1.54, 1.807) is 12.1 Å². The van der Waals surface area contributed by atoms with Crippen molar-refractivity contribution in [2.24, 2.45) is 0 Å². The van der Waals surface area contributed by atoms with Crippen LogP contribution in [0, 0.1) is 5.82 Å². The van der Waals surface area contributed by atoms with Gasteiger partial charge in [-0.15, -0.1) is 0 Å². The molecule has 3 rings (SSSR count). The molecule has 0 amide bonds. The highest BCUT2D eigenvalue weighted by atomic mass is 19.1. The van der Waals surface area contributed by atoms with Crippen molar-refractivity contribution in [2.75, 3.05) is 0 Å². The summed E-state index contributed by atoms with van der Waals surface area (Å²) in [6, 6.07) is 15.4. The molecule has 0 aromatic heterocycles. The number of nitrogens with two attached hydrogens (primary N) is 1. The van der Waals surface area contributed by atoms with Crippen molar-refractivity contribution in [3.8, 4) is 5.75 Å². The van der Waals surface area contributed by atoms with Crippen molar-refractivity contribution < 1.29 is 14.4 Å². The molecule has 0 heterocycles.